The van der Waals surface area contributed by atoms with E-state index in [1.54, 1.807) is 0 Å². The van der Waals surface area contributed by atoms with Crippen LogP contribution in [0.25, 0.3) is 0 Å². The van der Waals surface area contributed by atoms with E-state index in [-0.39, 0.29) is 11.5 Å². The van der Waals surface area contributed by atoms with Gasteiger partial charge in [-0.3, -0.25) is 0 Å². The van der Waals surface area contributed by atoms with Crippen LogP contribution in [0.2, 0.25) is 0 Å². The molecule has 1 aliphatic carbocycles. The van der Waals surface area contributed by atoms with Crippen molar-refractivity contribution in [2.24, 2.45) is 5.92 Å². The van der Waals surface area contributed by atoms with Crippen LogP contribution in [0.4, 0.5) is 0 Å². The van der Waals surface area contributed by atoms with Crippen molar-refractivity contribution in [1.82, 2.24) is 0 Å². The Bertz CT molecular complexity index is 453. The second-order valence-corrected chi connectivity index (χ2v) is 7.53. The Hall–Kier alpha value is -1.02. The molecule has 2 rings (SSSR count). The molecule has 0 aliphatic heterocycles. The van der Waals surface area contributed by atoms with Crippen LogP contribution >= 0.6 is 0 Å². The molecule has 1 atom stereocenters. The van der Waals surface area contributed by atoms with Crippen LogP contribution in [0.3, 0.4) is 0 Å². The normalized spacial score (nSPS) is 18.5. The van der Waals surface area contributed by atoms with Crippen LogP contribution in [0.5, 0.6) is 5.75 Å². The third kappa shape index (κ3) is 4.47. The van der Waals surface area contributed by atoms with Gasteiger partial charge in [0.2, 0.25) is 0 Å². The van der Waals surface area contributed by atoms with Gasteiger partial charge in [0.1, 0.15) is 12.4 Å². The lowest BCUT2D eigenvalue weighted by Gasteiger charge is -2.28. The molecular weight excluding hydrogens is 260 g/mol. The van der Waals surface area contributed by atoms with E-state index in [2.05, 4.69) is 45.9 Å². The van der Waals surface area contributed by atoms with E-state index >= 15 is 0 Å². The van der Waals surface area contributed by atoms with Crippen LogP contribution in [-0.4, -0.2) is 17.8 Å². The van der Waals surface area contributed by atoms with Gasteiger partial charge in [-0.1, -0.05) is 52.2 Å². The maximum absolute atomic E-state index is 10.4. The summed E-state index contributed by atoms with van der Waals surface area (Å²) in [4.78, 5) is 0. The number of hydrogen-bond donors (Lipinski definition) is 1. The predicted octanol–water partition coefficient (Wildman–Crippen LogP) is 4.61. The summed E-state index contributed by atoms with van der Waals surface area (Å²) >= 11 is 0. The standard InChI is InChI=1S/C19H30O2/c1-14-10-11-16(19(2,3)4)18(12-14)21-13-17(20)15-8-6-5-7-9-15/h10-12,15,17,20H,5-9,13H2,1-4H3. The second-order valence-electron chi connectivity index (χ2n) is 7.53. The summed E-state index contributed by atoms with van der Waals surface area (Å²) in [6.07, 6.45) is 5.77. The SMILES string of the molecule is Cc1ccc(C(C)(C)C)c(OCC(O)C2CCCCC2)c1. The zero-order valence-electron chi connectivity index (χ0n) is 14.0. The molecule has 2 nitrogen and oxygen atoms in total. The van der Waals surface area contributed by atoms with Crippen molar-refractivity contribution in [3.8, 4) is 5.75 Å². The number of aliphatic hydroxyl groups excluding tert-OH is 1. The van der Waals surface area contributed by atoms with Crippen LogP contribution in [0.15, 0.2) is 18.2 Å². The monoisotopic (exact) mass is 290 g/mol. The van der Waals surface area contributed by atoms with Gasteiger partial charge < -0.3 is 9.84 Å². The molecule has 0 aromatic heterocycles. The summed E-state index contributed by atoms with van der Waals surface area (Å²) in [5.41, 5.74) is 2.47. The van der Waals surface area contributed by atoms with E-state index in [0.717, 1.165) is 18.6 Å². The topological polar surface area (TPSA) is 29.5 Å². The highest BCUT2D eigenvalue weighted by Crippen LogP contribution is 2.33. The average molecular weight is 290 g/mol. The zero-order valence-corrected chi connectivity index (χ0v) is 14.0. The highest BCUT2D eigenvalue weighted by atomic mass is 16.5. The lowest BCUT2D eigenvalue weighted by molar-refractivity contribution is 0.0407. The molecular formula is C19H30O2. The fourth-order valence-corrected chi connectivity index (χ4v) is 3.20. The summed E-state index contributed by atoms with van der Waals surface area (Å²) in [7, 11) is 0. The van der Waals surface area contributed by atoms with Gasteiger partial charge in [0, 0.05) is 0 Å². The first kappa shape index (κ1) is 16.4. The van der Waals surface area contributed by atoms with Gasteiger partial charge in [-0.05, 0) is 48.3 Å². The minimum atomic E-state index is -0.335. The van der Waals surface area contributed by atoms with Crippen LogP contribution < -0.4 is 4.74 Å². The Balaban J connectivity index is 2.03. The molecule has 0 spiro atoms. The van der Waals surface area contributed by atoms with Gasteiger partial charge in [-0.25, -0.2) is 0 Å². The van der Waals surface area contributed by atoms with Crippen LogP contribution in [-0.2, 0) is 5.41 Å². The lowest BCUT2D eigenvalue weighted by Crippen LogP contribution is -2.29. The third-order valence-corrected chi connectivity index (χ3v) is 4.55. The molecule has 0 bridgehead atoms. The number of hydrogen-bond acceptors (Lipinski definition) is 2. The van der Waals surface area contributed by atoms with Crippen molar-refractivity contribution in [2.75, 3.05) is 6.61 Å². The Morgan fingerprint density at radius 1 is 1.19 bits per heavy atom. The number of aliphatic hydroxyl groups is 1. The first-order valence-electron chi connectivity index (χ1n) is 8.30. The highest BCUT2D eigenvalue weighted by Gasteiger charge is 2.24. The van der Waals surface area contributed by atoms with Gasteiger partial charge in [0.25, 0.3) is 0 Å². The van der Waals surface area contributed by atoms with Gasteiger partial charge in [0.05, 0.1) is 6.10 Å². The van der Waals surface area contributed by atoms with E-state index in [4.69, 9.17) is 4.74 Å². The predicted molar refractivity (Wildman–Crippen MR) is 88.0 cm³/mol. The molecule has 1 unspecified atom stereocenters. The molecule has 118 valence electrons. The van der Waals surface area contributed by atoms with Crippen LogP contribution in [0, 0.1) is 12.8 Å². The largest absolute Gasteiger partial charge is 0.491 e. The molecule has 0 radical (unpaired) electrons. The zero-order chi connectivity index (χ0) is 15.5. The molecule has 1 aromatic carbocycles. The van der Waals surface area contributed by atoms with Crippen molar-refractivity contribution in [2.45, 2.75) is 71.3 Å². The average Bonchev–Trinajstić information content (AvgIpc) is 2.44. The van der Waals surface area contributed by atoms with Crippen molar-refractivity contribution in [3.63, 3.8) is 0 Å². The number of aryl methyl sites for hydroxylation is 1. The number of ether oxygens (including phenoxy) is 1. The van der Waals surface area contributed by atoms with Crippen molar-refractivity contribution < 1.29 is 9.84 Å². The molecule has 0 heterocycles. The molecule has 21 heavy (non-hydrogen) atoms. The van der Waals surface area contributed by atoms with E-state index in [1.165, 1.54) is 30.4 Å². The molecule has 0 amide bonds. The van der Waals surface area contributed by atoms with Gasteiger partial charge >= 0.3 is 0 Å². The van der Waals surface area contributed by atoms with Crippen LogP contribution in [0.1, 0.15) is 64.0 Å². The van der Waals surface area contributed by atoms with Crippen molar-refractivity contribution in [1.29, 1.82) is 0 Å². The molecule has 1 fully saturated rings. The van der Waals surface area contributed by atoms with Gasteiger partial charge in [0.15, 0.2) is 0 Å². The molecule has 1 aromatic rings. The maximum Gasteiger partial charge on any atom is 0.123 e. The minimum absolute atomic E-state index is 0.0544. The highest BCUT2D eigenvalue weighted by molar-refractivity contribution is 5.41. The van der Waals surface area contributed by atoms with E-state index in [9.17, 15) is 5.11 Å². The van der Waals surface area contributed by atoms with Gasteiger partial charge in [-0.2, -0.15) is 0 Å². The summed E-state index contributed by atoms with van der Waals surface area (Å²) in [6, 6.07) is 6.37. The van der Waals surface area contributed by atoms with Gasteiger partial charge in [-0.15, -0.1) is 0 Å². The van der Waals surface area contributed by atoms with E-state index in [1.807, 2.05) is 0 Å². The summed E-state index contributed by atoms with van der Waals surface area (Å²) in [6.45, 7) is 9.08. The van der Waals surface area contributed by atoms with E-state index < -0.39 is 0 Å². The second kappa shape index (κ2) is 6.83. The molecule has 0 saturated heterocycles. The fraction of sp³-hybridized carbons (Fsp3) is 0.684. The molecule has 2 heteroatoms. The summed E-state index contributed by atoms with van der Waals surface area (Å²) < 4.78 is 6.01. The molecule has 1 saturated carbocycles. The van der Waals surface area contributed by atoms with E-state index in [0.29, 0.717) is 12.5 Å². The smallest absolute Gasteiger partial charge is 0.123 e. The molecule has 1 N–H and O–H groups in total. The fourth-order valence-electron chi connectivity index (χ4n) is 3.20. The maximum atomic E-state index is 10.4. The summed E-state index contributed by atoms with van der Waals surface area (Å²) in [5, 5.41) is 10.4. The Morgan fingerprint density at radius 3 is 2.48 bits per heavy atom. The first-order valence-corrected chi connectivity index (χ1v) is 8.30. The lowest BCUT2D eigenvalue weighted by atomic mass is 9.85. The quantitative estimate of drug-likeness (QED) is 0.877. The third-order valence-electron chi connectivity index (χ3n) is 4.55. The number of rotatable bonds is 4. The molecule has 1 aliphatic rings. The number of benzene rings is 1. The summed E-state index contributed by atoms with van der Waals surface area (Å²) in [5.74, 6) is 1.35. The van der Waals surface area contributed by atoms with Crippen molar-refractivity contribution in [3.05, 3.63) is 29.3 Å². The Labute approximate surface area is 129 Å². The Kier molecular flexibility index (Phi) is 5.32. The van der Waals surface area contributed by atoms with Crippen molar-refractivity contribution >= 4 is 0 Å². The minimum Gasteiger partial charge on any atom is -0.491 e. The first-order chi connectivity index (χ1) is 9.88. The Morgan fingerprint density at radius 2 is 1.86 bits per heavy atom.